The van der Waals surface area contributed by atoms with Crippen molar-refractivity contribution < 1.29 is 4.74 Å². The van der Waals surface area contributed by atoms with Gasteiger partial charge in [-0.05, 0) is 50.0 Å². The molecule has 0 saturated carbocycles. The van der Waals surface area contributed by atoms with Crippen LogP contribution in [0.2, 0.25) is 0 Å². The third kappa shape index (κ3) is 4.78. The molecule has 124 valence electrons. The second-order valence-corrected chi connectivity index (χ2v) is 6.67. The zero-order chi connectivity index (χ0) is 15.9. The number of ether oxygens (including phenoxy) is 1. The highest BCUT2D eigenvalue weighted by molar-refractivity contribution is 5.32. The Bertz CT molecular complexity index is 534. The van der Waals surface area contributed by atoms with E-state index < -0.39 is 0 Å². The summed E-state index contributed by atoms with van der Waals surface area (Å²) in [6.45, 7) is 7.27. The van der Waals surface area contributed by atoms with E-state index in [1.165, 1.54) is 44.3 Å². The maximum absolute atomic E-state index is 9.07. The standard InChI is InChI=1S/C19H27N3O/c20-15-17-4-3-5-18(14-17)16-22-8-2-1-6-19(22)7-9-21-10-12-23-13-11-21/h3-5,14,19H,1-2,6-13,16H2. The number of piperidine rings is 1. The van der Waals surface area contributed by atoms with Crippen molar-refractivity contribution in [2.24, 2.45) is 0 Å². The summed E-state index contributed by atoms with van der Waals surface area (Å²) in [4.78, 5) is 5.16. The largest absolute Gasteiger partial charge is 0.379 e. The first kappa shape index (κ1) is 16.4. The zero-order valence-electron chi connectivity index (χ0n) is 13.9. The van der Waals surface area contributed by atoms with Crippen molar-refractivity contribution in [1.82, 2.24) is 9.80 Å². The van der Waals surface area contributed by atoms with Crippen LogP contribution in [0.1, 0.15) is 36.8 Å². The van der Waals surface area contributed by atoms with Gasteiger partial charge in [0.2, 0.25) is 0 Å². The SMILES string of the molecule is N#Cc1cccc(CN2CCCCC2CCN2CCOCC2)c1. The van der Waals surface area contributed by atoms with Gasteiger partial charge >= 0.3 is 0 Å². The van der Waals surface area contributed by atoms with Gasteiger partial charge in [0.15, 0.2) is 0 Å². The molecule has 0 bridgehead atoms. The van der Waals surface area contributed by atoms with Crippen LogP contribution in [0.5, 0.6) is 0 Å². The van der Waals surface area contributed by atoms with E-state index in [0.717, 1.165) is 38.4 Å². The Morgan fingerprint density at radius 1 is 1.17 bits per heavy atom. The van der Waals surface area contributed by atoms with E-state index in [1.54, 1.807) is 0 Å². The van der Waals surface area contributed by atoms with Crippen LogP contribution in [-0.4, -0.2) is 55.2 Å². The molecule has 4 heteroatoms. The van der Waals surface area contributed by atoms with E-state index >= 15 is 0 Å². The molecule has 2 aliphatic rings. The molecule has 0 aliphatic carbocycles. The van der Waals surface area contributed by atoms with E-state index in [0.29, 0.717) is 6.04 Å². The highest BCUT2D eigenvalue weighted by Gasteiger charge is 2.23. The predicted octanol–water partition coefficient (Wildman–Crippen LogP) is 2.64. The topological polar surface area (TPSA) is 39.5 Å². The number of hydrogen-bond donors (Lipinski definition) is 0. The second kappa shape index (κ2) is 8.44. The van der Waals surface area contributed by atoms with Gasteiger partial charge in [-0.2, -0.15) is 5.26 Å². The molecule has 0 aromatic heterocycles. The minimum Gasteiger partial charge on any atom is -0.379 e. The molecule has 3 rings (SSSR count). The first-order valence-corrected chi connectivity index (χ1v) is 8.88. The van der Waals surface area contributed by atoms with Crippen molar-refractivity contribution in [3.05, 3.63) is 35.4 Å². The third-order valence-corrected chi connectivity index (χ3v) is 5.07. The maximum atomic E-state index is 9.07. The molecule has 2 fully saturated rings. The molecular weight excluding hydrogens is 286 g/mol. The lowest BCUT2D eigenvalue weighted by Crippen LogP contribution is -2.43. The first-order chi connectivity index (χ1) is 11.3. The van der Waals surface area contributed by atoms with Gasteiger partial charge in [-0.15, -0.1) is 0 Å². The lowest BCUT2D eigenvalue weighted by atomic mass is 9.98. The van der Waals surface area contributed by atoms with Crippen LogP contribution in [0.3, 0.4) is 0 Å². The minimum absolute atomic E-state index is 0.678. The maximum Gasteiger partial charge on any atom is 0.0991 e. The van der Waals surface area contributed by atoms with Gasteiger partial charge in [0, 0.05) is 25.7 Å². The number of likely N-dealkylation sites (tertiary alicyclic amines) is 1. The minimum atomic E-state index is 0.678. The molecule has 0 spiro atoms. The Hall–Kier alpha value is -1.41. The number of benzene rings is 1. The number of morpholine rings is 1. The predicted molar refractivity (Wildman–Crippen MR) is 91.1 cm³/mol. The normalized spacial score (nSPS) is 23.5. The number of nitriles is 1. The Kier molecular flexibility index (Phi) is 6.04. The number of hydrogen-bond acceptors (Lipinski definition) is 4. The van der Waals surface area contributed by atoms with Gasteiger partial charge in [0.25, 0.3) is 0 Å². The van der Waals surface area contributed by atoms with Crippen molar-refractivity contribution >= 4 is 0 Å². The third-order valence-electron chi connectivity index (χ3n) is 5.07. The van der Waals surface area contributed by atoms with Gasteiger partial charge in [0.05, 0.1) is 24.8 Å². The molecule has 0 N–H and O–H groups in total. The van der Waals surface area contributed by atoms with Crippen molar-refractivity contribution in [3.63, 3.8) is 0 Å². The molecule has 2 saturated heterocycles. The summed E-state index contributed by atoms with van der Waals surface area (Å²) < 4.78 is 5.44. The van der Waals surface area contributed by atoms with Crippen LogP contribution in [0, 0.1) is 11.3 Å². The van der Waals surface area contributed by atoms with Gasteiger partial charge < -0.3 is 4.74 Å². The molecule has 4 nitrogen and oxygen atoms in total. The van der Waals surface area contributed by atoms with Crippen LogP contribution in [0.25, 0.3) is 0 Å². The first-order valence-electron chi connectivity index (χ1n) is 8.88. The van der Waals surface area contributed by atoms with Gasteiger partial charge in [-0.1, -0.05) is 18.6 Å². The van der Waals surface area contributed by atoms with Gasteiger partial charge in [-0.25, -0.2) is 0 Å². The van der Waals surface area contributed by atoms with E-state index in [9.17, 15) is 0 Å². The molecule has 0 amide bonds. The summed E-state index contributed by atoms with van der Waals surface area (Å²) in [7, 11) is 0. The summed E-state index contributed by atoms with van der Waals surface area (Å²) in [5.74, 6) is 0. The highest BCUT2D eigenvalue weighted by Crippen LogP contribution is 2.22. The molecule has 0 radical (unpaired) electrons. The van der Waals surface area contributed by atoms with Crippen LogP contribution in [0.15, 0.2) is 24.3 Å². The summed E-state index contributed by atoms with van der Waals surface area (Å²) in [6, 6.07) is 11.0. The number of rotatable bonds is 5. The fourth-order valence-electron chi connectivity index (χ4n) is 3.73. The van der Waals surface area contributed by atoms with E-state index in [1.807, 2.05) is 18.2 Å². The van der Waals surface area contributed by atoms with Gasteiger partial charge in [-0.3, -0.25) is 9.80 Å². The molecule has 1 aromatic rings. The second-order valence-electron chi connectivity index (χ2n) is 6.67. The van der Waals surface area contributed by atoms with Crippen molar-refractivity contribution in [2.45, 2.75) is 38.3 Å². The summed E-state index contributed by atoms with van der Waals surface area (Å²) in [6.07, 6.45) is 5.20. The van der Waals surface area contributed by atoms with E-state index in [2.05, 4.69) is 21.9 Å². The van der Waals surface area contributed by atoms with E-state index in [-0.39, 0.29) is 0 Å². The average Bonchev–Trinajstić information content (AvgIpc) is 2.62. The Morgan fingerprint density at radius 3 is 2.87 bits per heavy atom. The zero-order valence-corrected chi connectivity index (χ0v) is 13.9. The Morgan fingerprint density at radius 2 is 2.04 bits per heavy atom. The average molecular weight is 313 g/mol. The quantitative estimate of drug-likeness (QED) is 0.838. The summed E-state index contributed by atoms with van der Waals surface area (Å²) >= 11 is 0. The van der Waals surface area contributed by atoms with Crippen LogP contribution >= 0.6 is 0 Å². The molecule has 1 atom stereocenters. The lowest BCUT2D eigenvalue weighted by Gasteiger charge is -2.37. The van der Waals surface area contributed by atoms with Crippen molar-refractivity contribution in [1.29, 1.82) is 5.26 Å². The van der Waals surface area contributed by atoms with Crippen LogP contribution in [-0.2, 0) is 11.3 Å². The van der Waals surface area contributed by atoms with Crippen molar-refractivity contribution in [3.8, 4) is 6.07 Å². The fraction of sp³-hybridized carbons (Fsp3) is 0.632. The Labute approximate surface area is 139 Å². The van der Waals surface area contributed by atoms with Crippen LogP contribution in [0.4, 0.5) is 0 Å². The molecule has 2 aliphatic heterocycles. The smallest absolute Gasteiger partial charge is 0.0991 e. The summed E-state index contributed by atoms with van der Waals surface area (Å²) in [5, 5.41) is 9.07. The molecular formula is C19H27N3O. The van der Waals surface area contributed by atoms with Gasteiger partial charge in [0.1, 0.15) is 0 Å². The summed E-state index contributed by atoms with van der Waals surface area (Å²) in [5.41, 5.74) is 2.03. The fourth-order valence-corrected chi connectivity index (χ4v) is 3.73. The number of nitrogens with zero attached hydrogens (tertiary/aromatic N) is 3. The molecule has 1 unspecified atom stereocenters. The molecule has 1 aromatic carbocycles. The lowest BCUT2D eigenvalue weighted by molar-refractivity contribution is 0.0302. The highest BCUT2D eigenvalue weighted by atomic mass is 16.5. The van der Waals surface area contributed by atoms with E-state index in [4.69, 9.17) is 10.00 Å². The van der Waals surface area contributed by atoms with Crippen LogP contribution < -0.4 is 0 Å². The van der Waals surface area contributed by atoms with Crippen molar-refractivity contribution in [2.75, 3.05) is 39.4 Å². The Balaban J connectivity index is 1.56. The monoisotopic (exact) mass is 313 g/mol. The molecule has 23 heavy (non-hydrogen) atoms. The molecule has 2 heterocycles.